The van der Waals surface area contributed by atoms with Crippen LogP contribution in [-0.4, -0.2) is 6.54 Å². The summed E-state index contributed by atoms with van der Waals surface area (Å²) in [5.74, 6) is 0. The van der Waals surface area contributed by atoms with Gasteiger partial charge in [-0.25, -0.2) is 0 Å². The molecule has 0 aliphatic carbocycles. The summed E-state index contributed by atoms with van der Waals surface area (Å²) in [7, 11) is 0. The second-order valence-corrected chi connectivity index (χ2v) is 4.07. The average Bonchev–Trinajstić information content (AvgIpc) is 2.45. The van der Waals surface area contributed by atoms with E-state index in [2.05, 4.69) is 31.3 Å². The van der Waals surface area contributed by atoms with Crippen LogP contribution in [0.5, 0.6) is 0 Å². The van der Waals surface area contributed by atoms with Crippen LogP contribution in [0.25, 0.3) is 0 Å². The van der Waals surface area contributed by atoms with E-state index >= 15 is 0 Å². The van der Waals surface area contributed by atoms with Crippen LogP contribution in [-0.2, 0) is 5.41 Å². The normalized spacial score (nSPS) is 25.4. The number of benzene rings is 1. The van der Waals surface area contributed by atoms with E-state index in [-0.39, 0.29) is 5.41 Å². The van der Waals surface area contributed by atoms with E-state index in [4.69, 9.17) is 5.73 Å². The van der Waals surface area contributed by atoms with Crippen LogP contribution >= 0.6 is 0 Å². The Morgan fingerprint density at radius 2 is 2.31 bits per heavy atom. The number of anilines is 2. The standard InChI is InChI=1S/C11H16N2/c1-3-11(2)7-13-10-5-4-8(12)6-9(10)11/h4-6,13H,3,7,12H2,1-2H3. The first-order valence-electron chi connectivity index (χ1n) is 4.79. The molecule has 2 rings (SSSR count). The number of hydrogen-bond acceptors (Lipinski definition) is 2. The molecular formula is C11H16N2. The largest absolute Gasteiger partial charge is 0.399 e. The van der Waals surface area contributed by atoms with Crippen LogP contribution in [0, 0.1) is 0 Å². The highest BCUT2D eigenvalue weighted by Gasteiger charge is 2.32. The van der Waals surface area contributed by atoms with Gasteiger partial charge in [-0.05, 0) is 30.2 Å². The summed E-state index contributed by atoms with van der Waals surface area (Å²) in [6.07, 6.45) is 1.15. The van der Waals surface area contributed by atoms with Crippen molar-refractivity contribution in [3.63, 3.8) is 0 Å². The molecule has 0 saturated carbocycles. The van der Waals surface area contributed by atoms with Crippen LogP contribution in [0.3, 0.4) is 0 Å². The first-order valence-corrected chi connectivity index (χ1v) is 4.79. The van der Waals surface area contributed by atoms with E-state index in [9.17, 15) is 0 Å². The first kappa shape index (κ1) is 8.42. The Bertz CT molecular complexity index is 333. The molecular weight excluding hydrogens is 160 g/mol. The maximum Gasteiger partial charge on any atom is 0.0380 e. The lowest BCUT2D eigenvalue weighted by molar-refractivity contribution is 0.504. The number of nitrogens with one attached hydrogen (secondary N) is 1. The molecule has 70 valence electrons. The molecule has 2 heteroatoms. The molecule has 1 heterocycles. The molecule has 0 saturated heterocycles. The molecule has 0 bridgehead atoms. The smallest absolute Gasteiger partial charge is 0.0380 e. The van der Waals surface area contributed by atoms with Crippen molar-refractivity contribution in [1.29, 1.82) is 0 Å². The van der Waals surface area contributed by atoms with E-state index < -0.39 is 0 Å². The molecule has 2 nitrogen and oxygen atoms in total. The summed E-state index contributed by atoms with van der Waals surface area (Å²) in [6, 6.07) is 6.12. The first-order chi connectivity index (χ1) is 6.15. The van der Waals surface area contributed by atoms with Crippen molar-refractivity contribution in [2.45, 2.75) is 25.7 Å². The van der Waals surface area contributed by atoms with Crippen LogP contribution < -0.4 is 11.1 Å². The van der Waals surface area contributed by atoms with Gasteiger partial charge >= 0.3 is 0 Å². The molecule has 0 aromatic heterocycles. The highest BCUT2D eigenvalue weighted by Crippen LogP contribution is 2.39. The SMILES string of the molecule is CCC1(C)CNc2ccc(N)cc21. The lowest BCUT2D eigenvalue weighted by Crippen LogP contribution is -2.22. The molecule has 1 aliphatic heterocycles. The zero-order valence-electron chi connectivity index (χ0n) is 8.22. The molecule has 3 N–H and O–H groups in total. The van der Waals surface area contributed by atoms with Gasteiger partial charge in [0.05, 0.1) is 0 Å². The highest BCUT2D eigenvalue weighted by molar-refractivity contribution is 5.64. The fourth-order valence-electron chi connectivity index (χ4n) is 1.92. The van der Waals surface area contributed by atoms with Crippen molar-refractivity contribution in [3.05, 3.63) is 23.8 Å². The third-order valence-corrected chi connectivity index (χ3v) is 3.14. The third kappa shape index (κ3) is 1.17. The van der Waals surface area contributed by atoms with Crippen molar-refractivity contribution in [3.8, 4) is 0 Å². The quantitative estimate of drug-likeness (QED) is 0.645. The van der Waals surface area contributed by atoms with Gasteiger partial charge in [-0.15, -0.1) is 0 Å². The molecule has 0 fully saturated rings. The number of nitrogen functional groups attached to an aromatic ring is 1. The molecule has 13 heavy (non-hydrogen) atoms. The Morgan fingerprint density at radius 1 is 1.54 bits per heavy atom. The zero-order chi connectivity index (χ0) is 9.47. The Kier molecular flexibility index (Phi) is 1.72. The van der Waals surface area contributed by atoms with Gasteiger partial charge in [-0.2, -0.15) is 0 Å². The van der Waals surface area contributed by atoms with E-state index in [0.717, 1.165) is 18.7 Å². The maximum absolute atomic E-state index is 5.78. The lowest BCUT2D eigenvalue weighted by atomic mass is 9.82. The molecule has 0 spiro atoms. The van der Waals surface area contributed by atoms with Gasteiger partial charge in [0.15, 0.2) is 0 Å². The van der Waals surface area contributed by atoms with Crippen molar-refractivity contribution in [2.24, 2.45) is 0 Å². The summed E-state index contributed by atoms with van der Waals surface area (Å²) < 4.78 is 0. The third-order valence-electron chi connectivity index (χ3n) is 3.14. The van der Waals surface area contributed by atoms with E-state index in [1.165, 1.54) is 11.3 Å². The monoisotopic (exact) mass is 176 g/mol. The van der Waals surface area contributed by atoms with Gasteiger partial charge < -0.3 is 11.1 Å². The Hall–Kier alpha value is -1.18. The number of rotatable bonds is 1. The Morgan fingerprint density at radius 3 is 3.00 bits per heavy atom. The minimum atomic E-state index is 0.269. The maximum atomic E-state index is 5.78. The molecule has 1 atom stereocenters. The predicted molar refractivity (Wildman–Crippen MR) is 57.0 cm³/mol. The molecule has 1 aromatic rings. The van der Waals surface area contributed by atoms with Crippen LogP contribution in [0.2, 0.25) is 0 Å². The van der Waals surface area contributed by atoms with Gasteiger partial charge in [-0.3, -0.25) is 0 Å². The lowest BCUT2D eigenvalue weighted by Gasteiger charge is -2.21. The molecule has 1 unspecified atom stereocenters. The van der Waals surface area contributed by atoms with E-state index in [1.54, 1.807) is 0 Å². The van der Waals surface area contributed by atoms with Gasteiger partial charge in [0, 0.05) is 23.3 Å². The van der Waals surface area contributed by atoms with Crippen LogP contribution in [0.15, 0.2) is 18.2 Å². The van der Waals surface area contributed by atoms with Crippen LogP contribution in [0.1, 0.15) is 25.8 Å². The zero-order valence-corrected chi connectivity index (χ0v) is 8.22. The highest BCUT2D eigenvalue weighted by atomic mass is 14.9. The number of fused-ring (bicyclic) bond motifs is 1. The Labute approximate surface area is 79.1 Å². The fraction of sp³-hybridized carbons (Fsp3) is 0.455. The van der Waals surface area contributed by atoms with E-state index in [0.29, 0.717) is 0 Å². The number of nitrogens with two attached hydrogens (primary N) is 1. The summed E-state index contributed by atoms with van der Waals surface area (Å²) in [5.41, 5.74) is 9.53. The fourth-order valence-corrected chi connectivity index (χ4v) is 1.92. The molecule has 0 amide bonds. The second kappa shape index (κ2) is 2.66. The van der Waals surface area contributed by atoms with Crippen molar-refractivity contribution >= 4 is 11.4 Å². The molecule has 0 radical (unpaired) electrons. The second-order valence-electron chi connectivity index (χ2n) is 4.07. The van der Waals surface area contributed by atoms with Crippen molar-refractivity contribution in [2.75, 3.05) is 17.6 Å². The topological polar surface area (TPSA) is 38.0 Å². The Balaban J connectivity index is 2.52. The summed E-state index contributed by atoms with van der Waals surface area (Å²) in [4.78, 5) is 0. The van der Waals surface area contributed by atoms with Crippen molar-refractivity contribution in [1.82, 2.24) is 0 Å². The van der Waals surface area contributed by atoms with Gasteiger partial charge in [0.25, 0.3) is 0 Å². The summed E-state index contributed by atoms with van der Waals surface area (Å²) >= 11 is 0. The van der Waals surface area contributed by atoms with Crippen LogP contribution in [0.4, 0.5) is 11.4 Å². The van der Waals surface area contributed by atoms with Gasteiger partial charge in [0.1, 0.15) is 0 Å². The van der Waals surface area contributed by atoms with Gasteiger partial charge in [0.2, 0.25) is 0 Å². The summed E-state index contributed by atoms with van der Waals surface area (Å²) in [6.45, 7) is 5.54. The molecule has 1 aliphatic rings. The average molecular weight is 176 g/mol. The van der Waals surface area contributed by atoms with Crippen molar-refractivity contribution < 1.29 is 0 Å². The van der Waals surface area contributed by atoms with E-state index in [1.807, 2.05) is 6.07 Å². The minimum absolute atomic E-state index is 0.269. The predicted octanol–water partition coefficient (Wildman–Crippen LogP) is 2.36. The number of hydrogen-bond donors (Lipinski definition) is 2. The minimum Gasteiger partial charge on any atom is -0.399 e. The van der Waals surface area contributed by atoms with Gasteiger partial charge in [-0.1, -0.05) is 13.8 Å². The summed E-state index contributed by atoms with van der Waals surface area (Å²) in [5, 5.41) is 3.41. The molecule has 1 aromatic carbocycles.